The number of rotatable bonds is 4. The van der Waals surface area contributed by atoms with E-state index >= 15 is 0 Å². The topological polar surface area (TPSA) is 58.6 Å². The van der Waals surface area contributed by atoms with Gasteiger partial charge in [-0.05, 0) is 31.0 Å². The first-order valence-electron chi connectivity index (χ1n) is 5.70. The summed E-state index contributed by atoms with van der Waals surface area (Å²) in [7, 11) is 0. The first-order chi connectivity index (χ1) is 8.02. The summed E-state index contributed by atoms with van der Waals surface area (Å²) >= 11 is 0. The summed E-state index contributed by atoms with van der Waals surface area (Å²) in [6, 6.07) is 5.84. The van der Waals surface area contributed by atoms with Gasteiger partial charge in [0.15, 0.2) is 0 Å². The molecular formula is C13H17NO3. The lowest BCUT2D eigenvalue weighted by Crippen LogP contribution is -2.64. The molecular weight excluding hydrogens is 218 g/mol. The third-order valence-electron chi connectivity index (χ3n) is 3.25. The van der Waals surface area contributed by atoms with Gasteiger partial charge in [0.05, 0.1) is 6.42 Å². The lowest BCUT2D eigenvalue weighted by Gasteiger charge is -2.41. The van der Waals surface area contributed by atoms with Gasteiger partial charge < -0.3 is 15.2 Å². The van der Waals surface area contributed by atoms with Gasteiger partial charge in [-0.3, -0.25) is 4.79 Å². The second kappa shape index (κ2) is 4.37. The van der Waals surface area contributed by atoms with Crippen LogP contribution in [0.2, 0.25) is 0 Å². The molecule has 1 heterocycles. The summed E-state index contributed by atoms with van der Waals surface area (Å²) < 4.78 is 5.92. The number of benzene rings is 1. The molecule has 0 aliphatic carbocycles. The monoisotopic (exact) mass is 235 g/mol. The molecule has 17 heavy (non-hydrogen) atoms. The number of aliphatic carboxylic acids is 1. The lowest BCUT2D eigenvalue weighted by atomic mass is 9.92. The van der Waals surface area contributed by atoms with Crippen molar-refractivity contribution in [2.24, 2.45) is 0 Å². The Morgan fingerprint density at radius 2 is 2.18 bits per heavy atom. The molecule has 1 fully saturated rings. The highest BCUT2D eigenvalue weighted by molar-refractivity contribution is 5.68. The number of carboxylic acid groups (broad SMARTS) is 1. The van der Waals surface area contributed by atoms with Gasteiger partial charge >= 0.3 is 5.97 Å². The van der Waals surface area contributed by atoms with Crippen molar-refractivity contribution >= 4 is 5.97 Å². The zero-order valence-corrected chi connectivity index (χ0v) is 10.1. The zero-order valence-electron chi connectivity index (χ0n) is 10.1. The summed E-state index contributed by atoms with van der Waals surface area (Å²) in [5, 5.41) is 12.0. The van der Waals surface area contributed by atoms with E-state index in [0.29, 0.717) is 13.1 Å². The van der Waals surface area contributed by atoms with Gasteiger partial charge in [0.25, 0.3) is 0 Å². The van der Waals surface area contributed by atoms with Crippen molar-refractivity contribution < 1.29 is 14.6 Å². The third kappa shape index (κ3) is 2.42. The third-order valence-corrected chi connectivity index (χ3v) is 3.25. The largest absolute Gasteiger partial charge is 0.484 e. The predicted molar refractivity (Wildman–Crippen MR) is 64.4 cm³/mol. The number of ether oxygens (including phenoxy) is 1. The Balaban J connectivity index is 2.18. The van der Waals surface area contributed by atoms with Gasteiger partial charge in [-0.15, -0.1) is 0 Å². The summed E-state index contributed by atoms with van der Waals surface area (Å²) in [5.41, 5.74) is 1.65. The molecule has 1 aromatic carbocycles. The molecule has 2 rings (SSSR count). The minimum absolute atomic E-state index is 0.0351. The van der Waals surface area contributed by atoms with Crippen LogP contribution in [-0.4, -0.2) is 29.8 Å². The van der Waals surface area contributed by atoms with Crippen molar-refractivity contribution in [2.45, 2.75) is 25.9 Å². The molecule has 0 aromatic heterocycles. The Morgan fingerprint density at radius 1 is 1.47 bits per heavy atom. The van der Waals surface area contributed by atoms with Crippen molar-refractivity contribution in [3.63, 3.8) is 0 Å². The Bertz CT molecular complexity index is 438. The molecule has 0 atom stereocenters. The second-order valence-electron chi connectivity index (χ2n) is 4.66. The maximum atomic E-state index is 10.8. The van der Waals surface area contributed by atoms with Crippen molar-refractivity contribution in [3.8, 4) is 5.75 Å². The number of nitrogens with one attached hydrogen (secondary N) is 1. The van der Waals surface area contributed by atoms with Gasteiger partial charge in [0.2, 0.25) is 0 Å². The van der Waals surface area contributed by atoms with Crippen LogP contribution < -0.4 is 10.1 Å². The number of hydrogen-bond donors (Lipinski definition) is 2. The highest BCUT2D eigenvalue weighted by Gasteiger charge is 2.41. The van der Waals surface area contributed by atoms with Gasteiger partial charge in [-0.2, -0.15) is 0 Å². The number of aryl methyl sites for hydroxylation is 1. The molecule has 0 amide bonds. The molecule has 2 N–H and O–H groups in total. The molecule has 0 spiro atoms. The Morgan fingerprint density at radius 3 is 2.71 bits per heavy atom. The smallest absolute Gasteiger partial charge is 0.307 e. The fourth-order valence-corrected chi connectivity index (χ4v) is 1.98. The standard InChI is InChI=1S/C13H17NO3/c1-9-4-3-5-11(10(9)2)17-13(6-12(15)16)7-14-8-13/h3-5,14H,6-8H2,1-2H3,(H,15,16). The minimum atomic E-state index is -0.822. The van der Waals surface area contributed by atoms with Gasteiger partial charge in [0.1, 0.15) is 11.4 Å². The summed E-state index contributed by atoms with van der Waals surface area (Å²) in [5.74, 6) is -0.0374. The van der Waals surface area contributed by atoms with E-state index in [1.54, 1.807) is 0 Å². The average Bonchev–Trinajstić information content (AvgIpc) is 2.21. The molecule has 0 bridgehead atoms. The fraction of sp³-hybridized carbons (Fsp3) is 0.462. The number of carbonyl (C=O) groups is 1. The second-order valence-corrected chi connectivity index (χ2v) is 4.66. The van der Waals surface area contributed by atoms with Crippen LogP contribution in [0.1, 0.15) is 17.5 Å². The summed E-state index contributed by atoms with van der Waals surface area (Å²) in [6.07, 6.45) is 0.0351. The van der Waals surface area contributed by atoms with Crippen molar-refractivity contribution in [2.75, 3.05) is 13.1 Å². The molecule has 1 aliphatic rings. The fourth-order valence-electron chi connectivity index (χ4n) is 1.98. The normalized spacial score (nSPS) is 17.3. The Hall–Kier alpha value is -1.55. The first-order valence-corrected chi connectivity index (χ1v) is 5.70. The minimum Gasteiger partial charge on any atom is -0.484 e. The summed E-state index contributed by atoms with van der Waals surface area (Å²) in [4.78, 5) is 10.8. The Kier molecular flexibility index (Phi) is 3.07. The lowest BCUT2D eigenvalue weighted by molar-refractivity contribution is -0.143. The van der Waals surface area contributed by atoms with Crippen LogP contribution in [0.5, 0.6) is 5.75 Å². The summed E-state index contributed by atoms with van der Waals surface area (Å²) in [6.45, 7) is 5.19. The van der Waals surface area contributed by atoms with Crippen molar-refractivity contribution in [1.82, 2.24) is 5.32 Å². The van der Waals surface area contributed by atoms with E-state index in [-0.39, 0.29) is 6.42 Å². The number of hydrogen-bond acceptors (Lipinski definition) is 3. The van der Waals surface area contributed by atoms with Crippen LogP contribution in [0, 0.1) is 13.8 Å². The predicted octanol–water partition coefficient (Wildman–Crippen LogP) is 1.50. The van der Waals surface area contributed by atoms with E-state index < -0.39 is 11.6 Å². The van der Waals surface area contributed by atoms with Gasteiger partial charge in [-0.25, -0.2) is 0 Å². The molecule has 4 heteroatoms. The Labute approximate surface area is 101 Å². The quantitative estimate of drug-likeness (QED) is 0.830. The van der Waals surface area contributed by atoms with Crippen LogP contribution >= 0.6 is 0 Å². The van der Waals surface area contributed by atoms with E-state index in [1.165, 1.54) is 0 Å². The maximum absolute atomic E-state index is 10.8. The van der Waals surface area contributed by atoms with Crippen LogP contribution in [-0.2, 0) is 4.79 Å². The molecule has 92 valence electrons. The van der Waals surface area contributed by atoms with Crippen LogP contribution in [0.4, 0.5) is 0 Å². The molecule has 1 aliphatic heterocycles. The average molecular weight is 235 g/mol. The van der Waals surface area contributed by atoms with Crippen molar-refractivity contribution in [3.05, 3.63) is 29.3 Å². The molecule has 0 saturated carbocycles. The molecule has 4 nitrogen and oxygen atoms in total. The molecule has 1 saturated heterocycles. The van der Waals surface area contributed by atoms with Gasteiger partial charge in [-0.1, -0.05) is 12.1 Å². The molecule has 1 aromatic rings. The highest BCUT2D eigenvalue weighted by atomic mass is 16.5. The van der Waals surface area contributed by atoms with Crippen LogP contribution in [0.3, 0.4) is 0 Å². The van der Waals surface area contributed by atoms with Crippen molar-refractivity contribution in [1.29, 1.82) is 0 Å². The van der Waals surface area contributed by atoms with E-state index in [0.717, 1.165) is 16.9 Å². The van der Waals surface area contributed by atoms with E-state index in [4.69, 9.17) is 9.84 Å². The van der Waals surface area contributed by atoms with E-state index in [1.807, 2.05) is 32.0 Å². The number of carboxylic acids is 1. The van der Waals surface area contributed by atoms with E-state index in [2.05, 4.69) is 5.32 Å². The first kappa shape index (κ1) is 11.9. The van der Waals surface area contributed by atoms with Gasteiger partial charge in [0, 0.05) is 13.1 Å². The zero-order chi connectivity index (χ0) is 12.5. The molecule has 0 radical (unpaired) electrons. The highest BCUT2D eigenvalue weighted by Crippen LogP contribution is 2.29. The van der Waals surface area contributed by atoms with Crippen LogP contribution in [0.25, 0.3) is 0 Å². The maximum Gasteiger partial charge on any atom is 0.307 e. The SMILES string of the molecule is Cc1cccc(OC2(CC(=O)O)CNC2)c1C. The van der Waals surface area contributed by atoms with Crippen LogP contribution in [0.15, 0.2) is 18.2 Å². The van der Waals surface area contributed by atoms with E-state index in [9.17, 15) is 4.79 Å². The molecule has 0 unspecified atom stereocenters.